The van der Waals surface area contributed by atoms with Crippen LogP contribution in [0.3, 0.4) is 0 Å². The van der Waals surface area contributed by atoms with E-state index < -0.39 is 24.3 Å². The molecule has 114 valence electrons. The molecule has 0 aliphatic rings. The second-order valence-corrected chi connectivity index (χ2v) is 4.36. The average molecular weight is 303 g/mol. The number of benzene rings is 2. The summed E-state index contributed by atoms with van der Waals surface area (Å²) in [5.74, 6) is -0.903. The molecule has 0 saturated heterocycles. The van der Waals surface area contributed by atoms with Crippen LogP contribution in [-0.2, 0) is 9.53 Å². The van der Waals surface area contributed by atoms with Gasteiger partial charge >= 0.3 is 5.97 Å². The monoisotopic (exact) mass is 303 g/mol. The number of esters is 1. The van der Waals surface area contributed by atoms with Gasteiger partial charge in [-0.05, 0) is 48.5 Å². The van der Waals surface area contributed by atoms with Gasteiger partial charge in [-0.1, -0.05) is 0 Å². The largest absolute Gasteiger partial charge is 0.497 e. The third-order valence-electron chi connectivity index (χ3n) is 2.79. The van der Waals surface area contributed by atoms with Crippen LogP contribution in [0.5, 0.6) is 5.75 Å². The van der Waals surface area contributed by atoms with Crippen molar-refractivity contribution in [2.75, 3.05) is 19.0 Å². The van der Waals surface area contributed by atoms with Crippen molar-refractivity contribution in [3.05, 3.63) is 59.9 Å². The van der Waals surface area contributed by atoms with Crippen molar-refractivity contribution < 1.29 is 23.5 Å². The second kappa shape index (κ2) is 7.21. The fourth-order valence-electron chi connectivity index (χ4n) is 1.67. The van der Waals surface area contributed by atoms with Crippen LogP contribution < -0.4 is 10.1 Å². The van der Waals surface area contributed by atoms with E-state index >= 15 is 0 Å². The molecule has 0 saturated carbocycles. The number of methoxy groups -OCH3 is 1. The normalized spacial score (nSPS) is 9.91. The van der Waals surface area contributed by atoms with Crippen molar-refractivity contribution >= 4 is 17.6 Å². The van der Waals surface area contributed by atoms with Crippen molar-refractivity contribution in [1.82, 2.24) is 0 Å². The molecular weight excluding hydrogens is 289 g/mol. The van der Waals surface area contributed by atoms with Crippen molar-refractivity contribution in [3.8, 4) is 5.75 Å². The van der Waals surface area contributed by atoms with Crippen molar-refractivity contribution in [2.45, 2.75) is 0 Å². The van der Waals surface area contributed by atoms with Crippen LogP contribution in [-0.4, -0.2) is 25.6 Å². The van der Waals surface area contributed by atoms with Crippen LogP contribution in [0.25, 0.3) is 0 Å². The summed E-state index contributed by atoms with van der Waals surface area (Å²) >= 11 is 0. The Morgan fingerprint density at radius 1 is 1.05 bits per heavy atom. The van der Waals surface area contributed by atoms with Crippen LogP contribution in [0.4, 0.5) is 10.1 Å². The SMILES string of the molecule is COc1ccc(C(=O)OCC(=O)Nc2ccc(F)cc2)cc1. The maximum Gasteiger partial charge on any atom is 0.338 e. The van der Waals surface area contributed by atoms with E-state index in [-0.39, 0.29) is 0 Å². The second-order valence-electron chi connectivity index (χ2n) is 4.36. The number of anilines is 1. The fraction of sp³-hybridized carbons (Fsp3) is 0.125. The number of halogens is 1. The average Bonchev–Trinajstić information content (AvgIpc) is 2.55. The highest BCUT2D eigenvalue weighted by Gasteiger charge is 2.10. The molecule has 6 heteroatoms. The van der Waals surface area contributed by atoms with Crippen LogP contribution in [0.2, 0.25) is 0 Å². The first-order valence-electron chi connectivity index (χ1n) is 6.45. The molecule has 0 fully saturated rings. The first kappa shape index (κ1) is 15.5. The highest BCUT2D eigenvalue weighted by Crippen LogP contribution is 2.12. The molecule has 0 heterocycles. The van der Waals surface area contributed by atoms with E-state index in [1.165, 1.54) is 31.4 Å². The van der Waals surface area contributed by atoms with Crippen LogP contribution in [0.1, 0.15) is 10.4 Å². The number of rotatable bonds is 5. The maximum absolute atomic E-state index is 12.7. The molecule has 2 aromatic rings. The quantitative estimate of drug-likeness (QED) is 0.862. The van der Waals surface area contributed by atoms with Gasteiger partial charge in [-0.2, -0.15) is 0 Å². The summed E-state index contributed by atoms with van der Waals surface area (Å²) < 4.78 is 22.6. The molecule has 0 aromatic heterocycles. The molecule has 2 rings (SSSR count). The Bertz CT molecular complexity index is 653. The number of amides is 1. The molecule has 0 aliphatic carbocycles. The Labute approximate surface area is 126 Å². The number of hydrogen-bond acceptors (Lipinski definition) is 4. The van der Waals surface area contributed by atoms with E-state index in [2.05, 4.69) is 5.32 Å². The van der Waals surface area contributed by atoms with E-state index in [0.717, 1.165) is 0 Å². The summed E-state index contributed by atoms with van der Waals surface area (Å²) in [6, 6.07) is 11.6. The number of carbonyl (C=O) groups excluding carboxylic acids is 2. The predicted molar refractivity (Wildman–Crippen MR) is 78.3 cm³/mol. The van der Waals surface area contributed by atoms with Gasteiger partial charge in [-0.25, -0.2) is 9.18 Å². The summed E-state index contributed by atoms with van der Waals surface area (Å²) in [7, 11) is 1.52. The lowest BCUT2D eigenvalue weighted by Crippen LogP contribution is -2.20. The summed E-state index contributed by atoms with van der Waals surface area (Å²) in [4.78, 5) is 23.4. The minimum atomic E-state index is -0.614. The van der Waals surface area contributed by atoms with Gasteiger partial charge in [0.15, 0.2) is 6.61 Å². The van der Waals surface area contributed by atoms with Gasteiger partial charge in [-0.15, -0.1) is 0 Å². The van der Waals surface area contributed by atoms with Gasteiger partial charge in [0.05, 0.1) is 12.7 Å². The number of nitrogens with one attached hydrogen (secondary N) is 1. The molecule has 0 atom stereocenters. The lowest BCUT2D eigenvalue weighted by molar-refractivity contribution is -0.119. The third-order valence-corrected chi connectivity index (χ3v) is 2.79. The van der Waals surface area contributed by atoms with Gasteiger partial charge < -0.3 is 14.8 Å². The minimum Gasteiger partial charge on any atom is -0.497 e. The van der Waals surface area contributed by atoms with E-state index in [0.29, 0.717) is 17.0 Å². The lowest BCUT2D eigenvalue weighted by atomic mass is 10.2. The molecule has 0 aliphatic heterocycles. The van der Waals surface area contributed by atoms with Crippen LogP contribution >= 0.6 is 0 Å². The molecule has 0 unspecified atom stereocenters. The van der Waals surface area contributed by atoms with Crippen molar-refractivity contribution in [1.29, 1.82) is 0 Å². The van der Waals surface area contributed by atoms with Gasteiger partial charge in [0, 0.05) is 5.69 Å². The first-order valence-corrected chi connectivity index (χ1v) is 6.45. The van der Waals surface area contributed by atoms with Crippen molar-refractivity contribution in [2.24, 2.45) is 0 Å². The zero-order chi connectivity index (χ0) is 15.9. The van der Waals surface area contributed by atoms with Crippen LogP contribution in [0, 0.1) is 5.82 Å². The van der Waals surface area contributed by atoms with Gasteiger partial charge in [0.25, 0.3) is 5.91 Å². The zero-order valence-electron chi connectivity index (χ0n) is 11.8. The molecule has 1 amide bonds. The highest BCUT2D eigenvalue weighted by atomic mass is 19.1. The number of carbonyl (C=O) groups is 2. The summed E-state index contributed by atoms with van der Waals surface area (Å²) in [5.41, 5.74) is 0.738. The lowest BCUT2D eigenvalue weighted by Gasteiger charge is -2.07. The molecule has 22 heavy (non-hydrogen) atoms. The zero-order valence-corrected chi connectivity index (χ0v) is 11.8. The molecule has 0 radical (unpaired) electrons. The minimum absolute atomic E-state index is 0.315. The van der Waals surface area contributed by atoms with E-state index in [4.69, 9.17) is 9.47 Å². The van der Waals surface area contributed by atoms with Crippen molar-refractivity contribution in [3.63, 3.8) is 0 Å². The predicted octanol–water partition coefficient (Wildman–Crippen LogP) is 2.63. The third kappa shape index (κ3) is 4.31. The number of ether oxygens (including phenoxy) is 2. The molecule has 0 bridgehead atoms. The molecular formula is C16H14FNO4. The topological polar surface area (TPSA) is 64.6 Å². The Morgan fingerprint density at radius 2 is 1.68 bits per heavy atom. The standard InChI is InChI=1S/C16H14FNO4/c1-21-14-8-2-11(3-9-14)16(20)22-10-15(19)18-13-6-4-12(17)5-7-13/h2-9H,10H2,1H3,(H,18,19). The Hall–Kier alpha value is -2.89. The number of hydrogen-bond donors (Lipinski definition) is 1. The Kier molecular flexibility index (Phi) is 5.08. The fourth-order valence-corrected chi connectivity index (χ4v) is 1.67. The van der Waals surface area contributed by atoms with Crippen LogP contribution in [0.15, 0.2) is 48.5 Å². The van der Waals surface area contributed by atoms with Gasteiger partial charge in [0.1, 0.15) is 11.6 Å². The van der Waals surface area contributed by atoms with E-state index in [1.807, 2.05) is 0 Å². The molecule has 1 N–H and O–H groups in total. The Balaban J connectivity index is 1.84. The molecule has 5 nitrogen and oxygen atoms in total. The molecule has 2 aromatic carbocycles. The van der Waals surface area contributed by atoms with Gasteiger partial charge in [-0.3, -0.25) is 4.79 Å². The first-order chi connectivity index (χ1) is 10.6. The maximum atomic E-state index is 12.7. The van der Waals surface area contributed by atoms with E-state index in [1.54, 1.807) is 24.3 Å². The smallest absolute Gasteiger partial charge is 0.338 e. The highest BCUT2D eigenvalue weighted by molar-refractivity contribution is 5.95. The van der Waals surface area contributed by atoms with E-state index in [9.17, 15) is 14.0 Å². The summed E-state index contributed by atoms with van der Waals surface area (Å²) in [6.45, 7) is -0.428. The summed E-state index contributed by atoms with van der Waals surface area (Å²) in [5, 5.41) is 2.49. The summed E-state index contributed by atoms with van der Waals surface area (Å²) in [6.07, 6.45) is 0. The Morgan fingerprint density at radius 3 is 2.27 bits per heavy atom. The van der Waals surface area contributed by atoms with Gasteiger partial charge in [0.2, 0.25) is 0 Å². The molecule has 0 spiro atoms.